The van der Waals surface area contributed by atoms with Gasteiger partial charge in [-0.2, -0.15) is 0 Å². The van der Waals surface area contributed by atoms with Crippen LogP contribution in [0.3, 0.4) is 0 Å². The number of rotatable bonds is 7. The average Bonchev–Trinajstić information content (AvgIpc) is 2.34. The molecule has 1 aromatic carbocycles. The molecule has 0 fully saturated rings. The van der Waals surface area contributed by atoms with E-state index in [1.807, 2.05) is 13.0 Å². The number of hydrogen-bond acceptors (Lipinski definition) is 3. The highest BCUT2D eigenvalue weighted by Gasteiger charge is 2.24. The van der Waals surface area contributed by atoms with Crippen molar-refractivity contribution in [3.8, 4) is 11.5 Å². The Bertz CT molecular complexity index is 447. The van der Waals surface area contributed by atoms with Crippen LogP contribution in [-0.2, 0) is 6.54 Å². The number of methoxy groups -OCH3 is 1. The van der Waals surface area contributed by atoms with Gasteiger partial charge in [-0.25, -0.2) is 0 Å². The molecule has 0 aliphatic rings. The fourth-order valence-corrected chi connectivity index (χ4v) is 2.83. The second-order valence-corrected chi connectivity index (χ2v) is 7.39. The lowest BCUT2D eigenvalue weighted by Gasteiger charge is -2.33. The summed E-state index contributed by atoms with van der Waals surface area (Å²) in [6.45, 7) is 14.8. The van der Waals surface area contributed by atoms with Crippen LogP contribution in [0.15, 0.2) is 18.2 Å². The first-order valence-electron chi connectivity index (χ1n) is 7.71. The molecule has 0 saturated heterocycles. The third kappa shape index (κ3) is 6.38. The highest BCUT2D eigenvalue weighted by Crippen LogP contribution is 2.29. The van der Waals surface area contributed by atoms with Crippen molar-refractivity contribution in [1.29, 1.82) is 0 Å². The van der Waals surface area contributed by atoms with E-state index in [1.165, 1.54) is 5.56 Å². The standard InChI is InChI=1S/C18H31NO2/c1-8-21-16-11-14(9-10-15(16)20-7)12-19-18(5,6)13-17(2,3)4/h9-11,19H,8,12-13H2,1-7H3. The van der Waals surface area contributed by atoms with Gasteiger partial charge in [-0.05, 0) is 50.3 Å². The van der Waals surface area contributed by atoms with Gasteiger partial charge in [0.25, 0.3) is 0 Å². The molecule has 1 aromatic rings. The third-order valence-electron chi connectivity index (χ3n) is 3.27. The van der Waals surface area contributed by atoms with Gasteiger partial charge in [0.2, 0.25) is 0 Å². The van der Waals surface area contributed by atoms with E-state index in [2.05, 4.69) is 52.1 Å². The molecule has 0 saturated carbocycles. The minimum Gasteiger partial charge on any atom is -0.493 e. The van der Waals surface area contributed by atoms with E-state index in [0.29, 0.717) is 12.0 Å². The molecular weight excluding hydrogens is 262 g/mol. The largest absolute Gasteiger partial charge is 0.493 e. The highest BCUT2D eigenvalue weighted by molar-refractivity contribution is 5.42. The molecule has 3 heteroatoms. The van der Waals surface area contributed by atoms with Crippen LogP contribution in [0.1, 0.15) is 53.5 Å². The Balaban J connectivity index is 2.73. The minimum atomic E-state index is 0.101. The van der Waals surface area contributed by atoms with E-state index in [4.69, 9.17) is 9.47 Å². The van der Waals surface area contributed by atoms with Crippen LogP contribution in [0.4, 0.5) is 0 Å². The van der Waals surface area contributed by atoms with Crippen LogP contribution in [0.25, 0.3) is 0 Å². The highest BCUT2D eigenvalue weighted by atomic mass is 16.5. The van der Waals surface area contributed by atoms with Crippen LogP contribution in [-0.4, -0.2) is 19.3 Å². The van der Waals surface area contributed by atoms with Crippen molar-refractivity contribution < 1.29 is 9.47 Å². The number of ether oxygens (including phenoxy) is 2. The molecule has 3 nitrogen and oxygen atoms in total. The molecular formula is C18H31NO2. The summed E-state index contributed by atoms with van der Waals surface area (Å²) >= 11 is 0. The predicted molar refractivity (Wildman–Crippen MR) is 89.2 cm³/mol. The Hall–Kier alpha value is -1.22. The fourth-order valence-electron chi connectivity index (χ4n) is 2.83. The van der Waals surface area contributed by atoms with Gasteiger partial charge in [0.05, 0.1) is 13.7 Å². The Morgan fingerprint density at radius 3 is 2.24 bits per heavy atom. The molecule has 1 rings (SSSR count). The van der Waals surface area contributed by atoms with E-state index in [-0.39, 0.29) is 5.54 Å². The van der Waals surface area contributed by atoms with Gasteiger partial charge in [0.1, 0.15) is 0 Å². The number of nitrogens with one attached hydrogen (secondary N) is 1. The van der Waals surface area contributed by atoms with Gasteiger partial charge in [-0.1, -0.05) is 26.8 Å². The summed E-state index contributed by atoms with van der Waals surface area (Å²) in [5, 5.41) is 3.64. The van der Waals surface area contributed by atoms with Gasteiger partial charge in [0.15, 0.2) is 11.5 Å². The first kappa shape index (κ1) is 17.8. The van der Waals surface area contributed by atoms with Gasteiger partial charge in [-0.15, -0.1) is 0 Å². The summed E-state index contributed by atoms with van der Waals surface area (Å²) in [5.74, 6) is 1.60. The van der Waals surface area contributed by atoms with Crippen molar-refractivity contribution >= 4 is 0 Å². The quantitative estimate of drug-likeness (QED) is 0.808. The SMILES string of the molecule is CCOc1cc(CNC(C)(C)CC(C)(C)C)ccc1OC. The predicted octanol–water partition coefficient (Wildman–Crippen LogP) is 4.40. The summed E-state index contributed by atoms with van der Waals surface area (Å²) in [4.78, 5) is 0. The molecule has 21 heavy (non-hydrogen) atoms. The van der Waals surface area contributed by atoms with Crippen LogP contribution in [0.2, 0.25) is 0 Å². The lowest BCUT2D eigenvalue weighted by molar-refractivity contribution is 0.240. The Morgan fingerprint density at radius 2 is 1.71 bits per heavy atom. The molecule has 0 atom stereocenters. The second kappa shape index (κ2) is 7.17. The molecule has 120 valence electrons. The normalized spacial score (nSPS) is 12.3. The van der Waals surface area contributed by atoms with Gasteiger partial charge >= 0.3 is 0 Å². The molecule has 0 radical (unpaired) electrons. The zero-order valence-corrected chi connectivity index (χ0v) is 14.7. The molecule has 0 spiro atoms. The Morgan fingerprint density at radius 1 is 1.05 bits per heavy atom. The van der Waals surface area contributed by atoms with Crippen molar-refractivity contribution in [1.82, 2.24) is 5.32 Å². The molecule has 1 N–H and O–H groups in total. The van der Waals surface area contributed by atoms with Gasteiger partial charge in [0, 0.05) is 12.1 Å². The summed E-state index contributed by atoms with van der Waals surface area (Å²) in [6.07, 6.45) is 1.12. The van der Waals surface area contributed by atoms with Crippen LogP contribution in [0, 0.1) is 5.41 Å². The van der Waals surface area contributed by atoms with Crippen LogP contribution in [0.5, 0.6) is 11.5 Å². The summed E-state index contributed by atoms with van der Waals surface area (Å²) < 4.78 is 10.9. The topological polar surface area (TPSA) is 30.5 Å². The maximum Gasteiger partial charge on any atom is 0.161 e. The van der Waals surface area contributed by atoms with Gasteiger partial charge < -0.3 is 14.8 Å². The molecule has 0 unspecified atom stereocenters. The molecule has 0 aliphatic heterocycles. The smallest absolute Gasteiger partial charge is 0.161 e. The lowest BCUT2D eigenvalue weighted by Crippen LogP contribution is -2.41. The van der Waals surface area contributed by atoms with E-state index in [9.17, 15) is 0 Å². The maximum absolute atomic E-state index is 5.63. The maximum atomic E-state index is 5.63. The van der Waals surface area contributed by atoms with Gasteiger partial charge in [-0.3, -0.25) is 0 Å². The molecule has 0 aliphatic carbocycles. The van der Waals surface area contributed by atoms with Crippen molar-refractivity contribution in [3.05, 3.63) is 23.8 Å². The molecule has 0 bridgehead atoms. The first-order valence-corrected chi connectivity index (χ1v) is 7.71. The zero-order valence-electron chi connectivity index (χ0n) is 14.7. The first-order chi connectivity index (χ1) is 9.67. The van der Waals surface area contributed by atoms with Crippen LogP contribution >= 0.6 is 0 Å². The zero-order chi connectivity index (χ0) is 16.1. The lowest BCUT2D eigenvalue weighted by atomic mass is 9.82. The van der Waals surface area contributed by atoms with Crippen LogP contribution < -0.4 is 14.8 Å². The van der Waals surface area contributed by atoms with E-state index in [0.717, 1.165) is 24.5 Å². The summed E-state index contributed by atoms with van der Waals surface area (Å²) in [6, 6.07) is 6.11. The fraction of sp³-hybridized carbons (Fsp3) is 0.667. The Kier molecular flexibility index (Phi) is 6.09. The molecule has 0 amide bonds. The summed E-state index contributed by atoms with van der Waals surface area (Å²) in [7, 11) is 1.67. The van der Waals surface area contributed by atoms with E-state index in [1.54, 1.807) is 7.11 Å². The minimum absolute atomic E-state index is 0.101. The summed E-state index contributed by atoms with van der Waals surface area (Å²) in [5.41, 5.74) is 1.62. The van der Waals surface area contributed by atoms with Crippen molar-refractivity contribution in [2.45, 2.75) is 60.0 Å². The second-order valence-electron chi connectivity index (χ2n) is 7.39. The third-order valence-corrected chi connectivity index (χ3v) is 3.27. The van der Waals surface area contributed by atoms with E-state index < -0.39 is 0 Å². The van der Waals surface area contributed by atoms with Crippen molar-refractivity contribution in [3.63, 3.8) is 0 Å². The number of benzene rings is 1. The molecule has 0 heterocycles. The molecule has 0 aromatic heterocycles. The van der Waals surface area contributed by atoms with E-state index >= 15 is 0 Å². The number of hydrogen-bond donors (Lipinski definition) is 1. The monoisotopic (exact) mass is 293 g/mol. The van der Waals surface area contributed by atoms with Crippen molar-refractivity contribution in [2.24, 2.45) is 5.41 Å². The van der Waals surface area contributed by atoms with Crippen molar-refractivity contribution in [2.75, 3.05) is 13.7 Å². The average molecular weight is 293 g/mol. The Labute approximate surface area is 130 Å².